The number of fused-ring (bicyclic) bond motifs is 1. The van der Waals surface area contributed by atoms with Crippen molar-refractivity contribution in [2.24, 2.45) is 0 Å². The molecule has 0 fully saturated rings. The highest BCUT2D eigenvalue weighted by Crippen LogP contribution is 2.20. The van der Waals surface area contributed by atoms with E-state index in [1.54, 1.807) is 19.2 Å². The molecule has 0 radical (unpaired) electrons. The standard InChI is InChI=1S/C20H20N2O3/c1-13-7-6-9-16(14(13)2)21-19(23)12-22(3)20(24)18-11-15-8-4-5-10-17(15)25-18/h4-11H,12H2,1-3H3,(H,21,23). The largest absolute Gasteiger partial charge is 0.451 e. The van der Waals surface area contributed by atoms with Crippen LogP contribution in [-0.2, 0) is 4.79 Å². The summed E-state index contributed by atoms with van der Waals surface area (Å²) in [7, 11) is 1.58. The summed E-state index contributed by atoms with van der Waals surface area (Å²) in [4.78, 5) is 26.1. The number of benzene rings is 2. The van der Waals surface area contributed by atoms with Crippen molar-refractivity contribution in [1.29, 1.82) is 0 Å². The van der Waals surface area contributed by atoms with Crippen molar-refractivity contribution >= 4 is 28.5 Å². The number of para-hydroxylation sites is 1. The molecule has 3 rings (SSSR count). The first-order valence-corrected chi connectivity index (χ1v) is 8.06. The number of likely N-dealkylation sites (N-methyl/N-ethyl adjacent to an activating group) is 1. The van der Waals surface area contributed by atoms with Crippen LogP contribution in [0.3, 0.4) is 0 Å². The quantitative estimate of drug-likeness (QED) is 0.789. The summed E-state index contributed by atoms with van der Waals surface area (Å²) in [6, 6.07) is 14.8. The Morgan fingerprint density at radius 1 is 1.08 bits per heavy atom. The minimum atomic E-state index is -0.327. The molecule has 0 aliphatic rings. The third-order valence-corrected chi connectivity index (χ3v) is 4.24. The molecule has 25 heavy (non-hydrogen) atoms. The molecule has 5 nitrogen and oxygen atoms in total. The van der Waals surface area contributed by atoms with Crippen LogP contribution in [0.5, 0.6) is 0 Å². The maximum absolute atomic E-state index is 12.5. The summed E-state index contributed by atoms with van der Waals surface area (Å²) in [6.45, 7) is 3.89. The molecule has 0 bridgehead atoms. The second-order valence-electron chi connectivity index (χ2n) is 6.11. The van der Waals surface area contributed by atoms with E-state index in [0.29, 0.717) is 5.58 Å². The summed E-state index contributed by atoms with van der Waals surface area (Å²) in [5, 5.41) is 3.71. The second kappa shape index (κ2) is 6.81. The Bertz CT molecular complexity index is 910. The van der Waals surface area contributed by atoms with E-state index in [-0.39, 0.29) is 24.1 Å². The fraction of sp³-hybridized carbons (Fsp3) is 0.200. The molecule has 0 aliphatic heterocycles. The number of hydrogen-bond donors (Lipinski definition) is 1. The molecular weight excluding hydrogens is 316 g/mol. The van der Waals surface area contributed by atoms with Gasteiger partial charge in [-0.25, -0.2) is 0 Å². The van der Waals surface area contributed by atoms with Gasteiger partial charge < -0.3 is 14.6 Å². The number of furan rings is 1. The van der Waals surface area contributed by atoms with Crippen LogP contribution in [0.25, 0.3) is 11.0 Å². The molecule has 2 aromatic carbocycles. The Balaban J connectivity index is 1.68. The number of nitrogens with zero attached hydrogens (tertiary/aromatic N) is 1. The Kier molecular flexibility index (Phi) is 4.57. The van der Waals surface area contributed by atoms with Crippen LogP contribution < -0.4 is 5.32 Å². The molecule has 0 spiro atoms. The lowest BCUT2D eigenvalue weighted by molar-refractivity contribution is -0.116. The lowest BCUT2D eigenvalue weighted by Gasteiger charge is -2.16. The Morgan fingerprint density at radius 2 is 1.84 bits per heavy atom. The summed E-state index contributed by atoms with van der Waals surface area (Å²) < 4.78 is 5.56. The van der Waals surface area contributed by atoms with Gasteiger partial charge in [0.2, 0.25) is 5.91 Å². The van der Waals surface area contributed by atoms with Gasteiger partial charge in [0, 0.05) is 18.1 Å². The van der Waals surface area contributed by atoms with E-state index in [9.17, 15) is 9.59 Å². The van der Waals surface area contributed by atoms with Crippen molar-refractivity contribution in [3.05, 3.63) is 65.4 Å². The third-order valence-electron chi connectivity index (χ3n) is 4.24. The molecule has 2 amide bonds. The van der Waals surface area contributed by atoms with Gasteiger partial charge in [0.05, 0.1) is 6.54 Å². The number of rotatable bonds is 4. The highest BCUT2D eigenvalue weighted by Gasteiger charge is 2.19. The van der Waals surface area contributed by atoms with E-state index >= 15 is 0 Å². The van der Waals surface area contributed by atoms with Gasteiger partial charge >= 0.3 is 0 Å². The van der Waals surface area contributed by atoms with Crippen LogP contribution in [0, 0.1) is 13.8 Å². The maximum Gasteiger partial charge on any atom is 0.289 e. The molecule has 0 saturated carbocycles. The van der Waals surface area contributed by atoms with Crippen LogP contribution >= 0.6 is 0 Å². The molecule has 1 N–H and O–H groups in total. The molecule has 5 heteroatoms. The predicted molar refractivity (Wildman–Crippen MR) is 97.7 cm³/mol. The van der Waals surface area contributed by atoms with Crippen LogP contribution in [0.2, 0.25) is 0 Å². The van der Waals surface area contributed by atoms with Gasteiger partial charge in [0.15, 0.2) is 5.76 Å². The van der Waals surface area contributed by atoms with Gasteiger partial charge in [0.1, 0.15) is 5.58 Å². The number of carbonyl (C=O) groups excluding carboxylic acids is 2. The van der Waals surface area contributed by atoms with Crippen molar-refractivity contribution < 1.29 is 14.0 Å². The average molecular weight is 336 g/mol. The highest BCUT2D eigenvalue weighted by molar-refractivity contribution is 6.00. The Labute approximate surface area is 146 Å². The molecule has 128 valence electrons. The summed E-state index contributed by atoms with van der Waals surface area (Å²) in [6.07, 6.45) is 0. The van der Waals surface area contributed by atoms with Crippen LogP contribution in [0.1, 0.15) is 21.7 Å². The van der Waals surface area contributed by atoms with Crippen molar-refractivity contribution in [1.82, 2.24) is 4.90 Å². The first-order valence-electron chi connectivity index (χ1n) is 8.06. The minimum absolute atomic E-state index is 0.0523. The number of aryl methyl sites for hydroxylation is 1. The van der Waals surface area contributed by atoms with Crippen LogP contribution in [0.15, 0.2) is 52.9 Å². The second-order valence-corrected chi connectivity index (χ2v) is 6.11. The lowest BCUT2D eigenvalue weighted by Crippen LogP contribution is -2.34. The van der Waals surface area contributed by atoms with Crippen molar-refractivity contribution in [3.63, 3.8) is 0 Å². The smallest absolute Gasteiger partial charge is 0.289 e. The highest BCUT2D eigenvalue weighted by atomic mass is 16.3. The molecule has 3 aromatic rings. The van der Waals surface area contributed by atoms with Gasteiger partial charge in [-0.3, -0.25) is 9.59 Å². The first-order chi connectivity index (χ1) is 12.0. The molecular formula is C20H20N2O3. The Morgan fingerprint density at radius 3 is 2.60 bits per heavy atom. The number of carbonyl (C=O) groups is 2. The topological polar surface area (TPSA) is 62.6 Å². The monoisotopic (exact) mass is 336 g/mol. The number of nitrogens with one attached hydrogen (secondary N) is 1. The van der Waals surface area contributed by atoms with E-state index in [1.165, 1.54) is 4.90 Å². The predicted octanol–water partition coefficient (Wildman–Crippen LogP) is 3.76. The summed E-state index contributed by atoms with van der Waals surface area (Å²) >= 11 is 0. The summed E-state index contributed by atoms with van der Waals surface area (Å²) in [5.74, 6) is -0.351. The van der Waals surface area contributed by atoms with E-state index in [2.05, 4.69) is 5.32 Å². The average Bonchev–Trinajstić information content (AvgIpc) is 3.02. The molecule has 1 heterocycles. The fourth-order valence-corrected chi connectivity index (χ4v) is 2.64. The number of amides is 2. The summed E-state index contributed by atoms with van der Waals surface area (Å²) in [5.41, 5.74) is 3.53. The van der Waals surface area contributed by atoms with Crippen molar-refractivity contribution in [3.8, 4) is 0 Å². The van der Waals surface area contributed by atoms with E-state index in [4.69, 9.17) is 4.42 Å². The van der Waals surface area contributed by atoms with Crippen molar-refractivity contribution in [2.75, 3.05) is 18.9 Å². The maximum atomic E-state index is 12.5. The molecule has 0 atom stereocenters. The zero-order valence-corrected chi connectivity index (χ0v) is 14.5. The third kappa shape index (κ3) is 3.55. The number of hydrogen-bond acceptors (Lipinski definition) is 3. The molecule has 0 unspecified atom stereocenters. The van der Waals surface area contributed by atoms with Crippen LogP contribution in [0.4, 0.5) is 5.69 Å². The van der Waals surface area contributed by atoms with E-state index in [0.717, 1.165) is 22.2 Å². The molecule has 0 aliphatic carbocycles. The van der Waals surface area contributed by atoms with Gasteiger partial charge in [-0.1, -0.05) is 30.3 Å². The zero-order valence-electron chi connectivity index (χ0n) is 14.5. The van der Waals surface area contributed by atoms with E-state index in [1.807, 2.05) is 50.2 Å². The van der Waals surface area contributed by atoms with Gasteiger partial charge in [-0.15, -0.1) is 0 Å². The number of anilines is 1. The van der Waals surface area contributed by atoms with Crippen LogP contribution in [-0.4, -0.2) is 30.3 Å². The first kappa shape index (κ1) is 16.8. The normalized spacial score (nSPS) is 10.7. The van der Waals surface area contributed by atoms with Crippen molar-refractivity contribution in [2.45, 2.75) is 13.8 Å². The SMILES string of the molecule is Cc1cccc(NC(=O)CN(C)C(=O)c2cc3ccccc3o2)c1C. The molecule has 0 saturated heterocycles. The van der Waals surface area contributed by atoms with Gasteiger partial charge in [0.25, 0.3) is 5.91 Å². The fourth-order valence-electron chi connectivity index (χ4n) is 2.64. The molecule has 1 aromatic heterocycles. The minimum Gasteiger partial charge on any atom is -0.451 e. The Hall–Kier alpha value is -3.08. The zero-order chi connectivity index (χ0) is 18.0. The van der Waals surface area contributed by atoms with E-state index < -0.39 is 0 Å². The lowest BCUT2D eigenvalue weighted by atomic mass is 10.1. The van der Waals surface area contributed by atoms with Gasteiger partial charge in [-0.2, -0.15) is 0 Å². The van der Waals surface area contributed by atoms with Gasteiger partial charge in [-0.05, 0) is 43.2 Å².